The van der Waals surface area contributed by atoms with Crippen LogP contribution in [0.5, 0.6) is 0 Å². The van der Waals surface area contributed by atoms with Gasteiger partial charge in [0, 0.05) is 42.9 Å². The average Bonchev–Trinajstić information content (AvgIpc) is 4.18. The van der Waals surface area contributed by atoms with Gasteiger partial charge < -0.3 is 4.90 Å². The Morgan fingerprint density at radius 3 is 1.66 bits per heavy atom. The van der Waals surface area contributed by atoms with Crippen molar-refractivity contribution in [3.63, 3.8) is 0 Å². The molecule has 13 aromatic rings. The molecule has 0 amide bonds. The van der Waals surface area contributed by atoms with Crippen LogP contribution < -0.4 is 4.90 Å². The molecule has 0 saturated heterocycles. The van der Waals surface area contributed by atoms with Crippen LogP contribution in [0, 0.1) is 0 Å². The molecule has 312 valence electrons. The molecule has 2 aliphatic rings. The molecule has 5 heteroatoms. The molecule has 0 radical (unpaired) electrons. The number of fused-ring (bicyclic) bond motifs is 18. The highest BCUT2D eigenvalue weighted by Gasteiger charge is 2.51. The topological polar surface area (TPSA) is 25.5 Å². The number of anilines is 3. The molecule has 0 aliphatic heterocycles. The summed E-state index contributed by atoms with van der Waals surface area (Å²) >= 11 is 1.88. The first-order valence-electron chi connectivity index (χ1n) is 23.0. The zero-order valence-electron chi connectivity index (χ0n) is 36.1. The van der Waals surface area contributed by atoms with Gasteiger partial charge in [-0.15, -0.1) is 11.3 Å². The van der Waals surface area contributed by atoms with Gasteiger partial charge in [-0.3, -0.25) is 8.97 Å². The Morgan fingerprint density at radius 2 is 0.940 bits per heavy atom. The first-order chi connectivity index (χ1) is 33.2. The van der Waals surface area contributed by atoms with Crippen molar-refractivity contribution in [3.8, 4) is 39.1 Å². The summed E-state index contributed by atoms with van der Waals surface area (Å²) in [4.78, 5) is 7.61. The number of benzene rings is 10. The van der Waals surface area contributed by atoms with Crippen molar-refractivity contribution in [3.05, 3.63) is 253 Å². The molecule has 3 aromatic heterocycles. The van der Waals surface area contributed by atoms with Crippen LogP contribution in [-0.4, -0.2) is 14.0 Å². The summed E-state index contributed by atoms with van der Waals surface area (Å²) in [6, 6.07) is 85.0. The van der Waals surface area contributed by atoms with Gasteiger partial charge in [0.15, 0.2) is 0 Å². The maximum absolute atomic E-state index is 5.18. The van der Waals surface area contributed by atoms with Gasteiger partial charge in [-0.25, -0.2) is 4.98 Å². The van der Waals surface area contributed by atoms with E-state index in [9.17, 15) is 0 Å². The number of aromatic nitrogens is 3. The van der Waals surface area contributed by atoms with E-state index in [1.165, 1.54) is 75.8 Å². The average molecular weight is 871 g/mol. The van der Waals surface area contributed by atoms with Crippen LogP contribution in [0.4, 0.5) is 17.1 Å². The Balaban J connectivity index is 0.929. The second-order valence-electron chi connectivity index (χ2n) is 17.9. The predicted molar refractivity (Wildman–Crippen MR) is 279 cm³/mol. The summed E-state index contributed by atoms with van der Waals surface area (Å²) in [7, 11) is 0. The van der Waals surface area contributed by atoms with Gasteiger partial charge in [-0.1, -0.05) is 152 Å². The second kappa shape index (κ2) is 13.8. The third-order valence-corrected chi connectivity index (χ3v) is 15.8. The highest BCUT2D eigenvalue weighted by molar-refractivity contribution is 7.26. The van der Waals surface area contributed by atoms with Gasteiger partial charge in [0.25, 0.3) is 0 Å². The molecule has 0 unspecified atom stereocenters. The van der Waals surface area contributed by atoms with E-state index in [-0.39, 0.29) is 0 Å². The normalized spacial score (nSPS) is 13.2. The zero-order valence-corrected chi connectivity index (χ0v) is 37.0. The Hall–Kier alpha value is -8.51. The van der Waals surface area contributed by atoms with E-state index < -0.39 is 5.41 Å². The molecule has 2 aliphatic carbocycles. The molecule has 0 saturated carbocycles. The highest BCUT2D eigenvalue weighted by Crippen LogP contribution is 2.63. The van der Waals surface area contributed by atoms with Crippen LogP contribution in [0.1, 0.15) is 22.3 Å². The van der Waals surface area contributed by atoms with Gasteiger partial charge >= 0.3 is 0 Å². The summed E-state index contributed by atoms with van der Waals surface area (Å²) in [6.45, 7) is 0. The Morgan fingerprint density at radius 1 is 0.403 bits per heavy atom. The van der Waals surface area contributed by atoms with E-state index in [0.717, 1.165) is 50.6 Å². The molecule has 1 spiro atoms. The molecule has 0 fully saturated rings. The minimum atomic E-state index is -0.452. The quantitative estimate of drug-likeness (QED) is 0.172. The lowest BCUT2D eigenvalue weighted by Gasteiger charge is -2.32. The fourth-order valence-electron chi connectivity index (χ4n) is 11.8. The van der Waals surface area contributed by atoms with Crippen LogP contribution in [0.15, 0.2) is 231 Å². The van der Waals surface area contributed by atoms with Crippen LogP contribution in [0.25, 0.3) is 87.1 Å². The monoisotopic (exact) mass is 870 g/mol. The van der Waals surface area contributed by atoms with Crippen molar-refractivity contribution in [1.29, 1.82) is 0 Å². The van der Waals surface area contributed by atoms with Crippen LogP contribution in [0.3, 0.4) is 0 Å². The molecular weight excluding hydrogens is 833 g/mol. The van der Waals surface area contributed by atoms with Crippen molar-refractivity contribution >= 4 is 76.4 Å². The van der Waals surface area contributed by atoms with Crippen LogP contribution in [-0.2, 0) is 5.41 Å². The Labute approximate surface area is 390 Å². The highest BCUT2D eigenvalue weighted by atomic mass is 32.1. The fraction of sp³-hybridized carbons (Fsp3) is 0.0161. The second-order valence-corrected chi connectivity index (χ2v) is 18.9. The van der Waals surface area contributed by atoms with Gasteiger partial charge in [0.05, 0.1) is 27.5 Å². The number of para-hydroxylation sites is 4. The van der Waals surface area contributed by atoms with Crippen molar-refractivity contribution in [2.45, 2.75) is 5.41 Å². The third-order valence-electron chi connectivity index (χ3n) is 14.6. The molecular formula is C62H38N4S. The minimum Gasteiger partial charge on any atom is -0.310 e. The Kier molecular flexibility index (Phi) is 7.55. The standard InChI is InChI=1S/C62H38N4S/c1-5-20-51-45(14-1)46-15-2-6-21-52(46)62(51)53-22-7-3-16-47(53)48-37-36-43(38-54(48)62)64(40-30-28-39(29-31-40)44-18-13-19-50-49-17-4-12-27-59(49)67-60(44)50)41-32-34-42(35-33-41)65-57-25-10-11-26-58(57)66-56-24-9-8-23-55(56)63-61(65)66/h1-38H. The molecule has 3 heterocycles. The van der Waals surface area contributed by atoms with Gasteiger partial charge in [-0.2, -0.15) is 0 Å². The van der Waals surface area contributed by atoms with E-state index in [0.29, 0.717) is 0 Å². The number of imidazole rings is 2. The van der Waals surface area contributed by atoms with Crippen molar-refractivity contribution in [2.75, 3.05) is 4.90 Å². The lowest BCUT2D eigenvalue weighted by molar-refractivity contribution is 0.793. The lowest BCUT2D eigenvalue weighted by atomic mass is 9.70. The fourth-order valence-corrected chi connectivity index (χ4v) is 13.0. The number of hydrogen-bond acceptors (Lipinski definition) is 3. The van der Waals surface area contributed by atoms with Crippen molar-refractivity contribution in [2.24, 2.45) is 0 Å². The van der Waals surface area contributed by atoms with Gasteiger partial charge in [0.1, 0.15) is 0 Å². The minimum absolute atomic E-state index is 0.452. The van der Waals surface area contributed by atoms with E-state index in [4.69, 9.17) is 4.98 Å². The molecule has 15 rings (SSSR count). The first-order valence-corrected chi connectivity index (χ1v) is 23.8. The lowest BCUT2D eigenvalue weighted by Crippen LogP contribution is -2.26. The predicted octanol–water partition coefficient (Wildman–Crippen LogP) is 16.3. The van der Waals surface area contributed by atoms with Crippen LogP contribution in [0.2, 0.25) is 0 Å². The van der Waals surface area contributed by atoms with E-state index in [1.54, 1.807) is 0 Å². The summed E-state index contributed by atoms with van der Waals surface area (Å²) in [6.07, 6.45) is 0. The summed E-state index contributed by atoms with van der Waals surface area (Å²) in [5, 5.41) is 2.62. The summed E-state index contributed by atoms with van der Waals surface area (Å²) < 4.78 is 7.21. The maximum atomic E-state index is 5.18. The van der Waals surface area contributed by atoms with E-state index >= 15 is 0 Å². The number of thiophene rings is 1. The number of rotatable bonds is 5. The van der Waals surface area contributed by atoms with Crippen molar-refractivity contribution < 1.29 is 0 Å². The van der Waals surface area contributed by atoms with Gasteiger partial charge in [0.2, 0.25) is 5.78 Å². The number of hydrogen-bond donors (Lipinski definition) is 0. The first kappa shape index (κ1) is 36.8. The van der Waals surface area contributed by atoms with E-state index in [2.05, 4.69) is 244 Å². The maximum Gasteiger partial charge on any atom is 0.220 e. The molecule has 4 nitrogen and oxygen atoms in total. The molecule has 10 aromatic carbocycles. The van der Waals surface area contributed by atoms with E-state index in [1.807, 2.05) is 11.3 Å². The van der Waals surface area contributed by atoms with Crippen LogP contribution >= 0.6 is 11.3 Å². The summed E-state index contributed by atoms with van der Waals surface area (Å²) in [5.74, 6) is 0.900. The smallest absolute Gasteiger partial charge is 0.220 e. The molecule has 67 heavy (non-hydrogen) atoms. The van der Waals surface area contributed by atoms with Crippen molar-refractivity contribution in [1.82, 2.24) is 14.0 Å². The molecule has 0 N–H and O–H groups in total. The summed E-state index contributed by atoms with van der Waals surface area (Å²) in [5.41, 5.74) is 21.2. The number of nitrogens with zero attached hydrogens (tertiary/aromatic N) is 4. The third kappa shape index (κ3) is 4.98. The van der Waals surface area contributed by atoms with Gasteiger partial charge in [-0.05, 0) is 134 Å². The SMILES string of the molecule is c1ccc2c(c1)-c1ccccc1C21c2ccccc2-c2ccc(N(c3ccc(-c4cccc5c4sc4ccccc45)cc3)c3ccc(-n4c5ccccc5n5c6ccccc6nc45)cc3)cc21. The molecule has 0 bridgehead atoms. The largest absolute Gasteiger partial charge is 0.310 e. The zero-order chi connectivity index (χ0) is 43.8. The Bertz CT molecular complexity index is 4110. The molecule has 0 atom stereocenters.